The van der Waals surface area contributed by atoms with Crippen molar-refractivity contribution in [2.45, 2.75) is 58.2 Å². The molecule has 1 fully saturated rings. The standard InChI is InChI=1S/C17H31N3O4/c1-16(2,11-21)13-10-14(24-19-13)18-15(22)17(3,4)20(5)12-6-8-23-9-7-12/h10,12-13,19,21H,6-9,11H2,1-5H3,(H,18,22). The molecule has 1 amide bonds. The van der Waals surface area contributed by atoms with E-state index in [0.717, 1.165) is 26.1 Å². The van der Waals surface area contributed by atoms with Crippen LogP contribution in [0.5, 0.6) is 0 Å². The Morgan fingerprint density at radius 3 is 2.58 bits per heavy atom. The summed E-state index contributed by atoms with van der Waals surface area (Å²) in [6.45, 7) is 9.18. The van der Waals surface area contributed by atoms with Crippen LogP contribution in [0.4, 0.5) is 0 Å². The molecular formula is C17H31N3O4. The second-order valence-electron chi connectivity index (χ2n) is 7.84. The summed E-state index contributed by atoms with van der Waals surface area (Å²) in [6, 6.07) is 0.173. The smallest absolute Gasteiger partial charge is 0.246 e. The fraction of sp³-hybridized carbons (Fsp3) is 0.824. The predicted octanol–water partition coefficient (Wildman–Crippen LogP) is 0.755. The summed E-state index contributed by atoms with van der Waals surface area (Å²) in [6.07, 6.45) is 3.67. The van der Waals surface area contributed by atoms with Crippen LogP contribution in [0, 0.1) is 5.41 Å². The van der Waals surface area contributed by atoms with Crippen molar-refractivity contribution >= 4 is 5.91 Å². The van der Waals surface area contributed by atoms with Crippen LogP contribution in [-0.2, 0) is 14.4 Å². The SMILES string of the molecule is CN(C1CCOCC1)C(C)(C)C(=O)NC1=CC(C(C)(C)CO)NO1. The molecule has 0 radical (unpaired) electrons. The van der Waals surface area contributed by atoms with Crippen LogP contribution in [0.25, 0.3) is 0 Å². The Balaban J connectivity index is 1.99. The Bertz CT molecular complexity index is 484. The molecule has 2 aliphatic rings. The summed E-state index contributed by atoms with van der Waals surface area (Å²) in [7, 11) is 1.98. The number of aliphatic hydroxyl groups is 1. The summed E-state index contributed by atoms with van der Waals surface area (Å²) in [5, 5.41) is 12.3. The topological polar surface area (TPSA) is 83.1 Å². The molecule has 0 aromatic carbocycles. The predicted molar refractivity (Wildman–Crippen MR) is 90.8 cm³/mol. The van der Waals surface area contributed by atoms with Crippen LogP contribution in [-0.4, -0.2) is 60.4 Å². The second kappa shape index (κ2) is 7.39. The number of ether oxygens (including phenoxy) is 1. The highest BCUT2D eigenvalue weighted by Crippen LogP contribution is 2.26. The van der Waals surface area contributed by atoms with Gasteiger partial charge in [0.2, 0.25) is 11.8 Å². The fourth-order valence-corrected chi connectivity index (χ4v) is 2.85. The van der Waals surface area contributed by atoms with Crippen LogP contribution >= 0.6 is 0 Å². The van der Waals surface area contributed by atoms with Gasteiger partial charge in [-0.2, -0.15) is 0 Å². The molecule has 0 spiro atoms. The molecule has 2 rings (SSSR count). The van der Waals surface area contributed by atoms with Crippen LogP contribution in [0.15, 0.2) is 12.0 Å². The molecule has 0 aliphatic carbocycles. The molecule has 2 aliphatic heterocycles. The van der Waals surface area contributed by atoms with Crippen molar-refractivity contribution in [1.82, 2.24) is 15.7 Å². The van der Waals surface area contributed by atoms with Gasteiger partial charge in [0.25, 0.3) is 0 Å². The summed E-state index contributed by atoms with van der Waals surface area (Å²) < 4.78 is 5.40. The van der Waals surface area contributed by atoms with E-state index in [1.165, 1.54) is 0 Å². The quantitative estimate of drug-likeness (QED) is 0.661. The van der Waals surface area contributed by atoms with E-state index >= 15 is 0 Å². The molecule has 1 saturated heterocycles. The fourth-order valence-electron chi connectivity index (χ4n) is 2.85. The van der Waals surface area contributed by atoms with E-state index < -0.39 is 5.54 Å². The minimum atomic E-state index is -0.670. The van der Waals surface area contributed by atoms with E-state index in [1.807, 2.05) is 34.7 Å². The zero-order chi connectivity index (χ0) is 18.0. The van der Waals surface area contributed by atoms with Crippen molar-refractivity contribution in [3.8, 4) is 0 Å². The first kappa shape index (κ1) is 19.2. The molecule has 1 atom stereocenters. The number of hydrogen-bond donors (Lipinski definition) is 3. The molecule has 0 saturated carbocycles. The zero-order valence-electron chi connectivity index (χ0n) is 15.4. The average Bonchev–Trinajstić information content (AvgIpc) is 3.04. The number of carbonyl (C=O) groups excluding carboxylic acids is 1. The molecule has 7 nitrogen and oxygen atoms in total. The van der Waals surface area contributed by atoms with Crippen molar-refractivity contribution in [3.63, 3.8) is 0 Å². The monoisotopic (exact) mass is 341 g/mol. The normalized spacial score (nSPS) is 23.1. The lowest BCUT2D eigenvalue weighted by Crippen LogP contribution is -2.57. The number of likely N-dealkylation sites (N-methyl/N-ethyl adjacent to an activating group) is 1. The molecule has 1 unspecified atom stereocenters. The van der Waals surface area contributed by atoms with Gasteiger partial charge in [-0.15, -0.1) is 5.48 Å². The Hall–Kier alpha value is -1.15. The number of hydrogen-bond acceptors (Lipinski definition) is 6. The lowest BCUT2D eigenvalue weighted by atomic mass is 9.86. The summed E-state index contributed by atoms with van der Waals surface area (Å²) in [4.78, 5) is 20.2. The summed E-state index contributed by atoms with van der Waals surface area (Å²) in [5.74, 6) is 0.270. The number of amides is 1. The van der Waals surface area contributed by atoms with Gasteiger partial charge >= 0.3 is 0 Å². The molecular weight excluding hydrogens is 310 g/mol. The number of nitrogens with zero attached hydrogens (tertiary/aromatic N) is 1. The first-order valence-electron chi connectivity index (χ1n) is 8.55. The van der Waals surface area contributed by atoms with E-state index in [0.29, 0.717) is 11.9 Å². The minimum Gasteiger partial charge on any atom is -0.396 e. The van der Waals surface area contributed by atoms with Gasteiger partial charge in [0.1, 0.15) is 0 Å². The summed E-state index contributed by atoms with van der Waals surface area (Å²) >= 11 is 0. The zero-order valence-corrected chi connectivity index (χ0v) is 15.4. The lowest BCUT2D eigenvalue weighted by molar-refractivity contribution is -0.134. The molecule has 0 aromatic heterocycles. The van der Waals surface area contributed by atoms with Crippen molar-refractivity contribution in [2.24, 2.45) is 5.41 Å². The van der Waals surface area contributed by atoms with E-state index in [9.17, 15) is 9.90 Å². The van der Waals surface area contributed by atoms with Crippen LogP contribution in [0.3, 0.4) is 0 Å². The first-order valence-corrected chi connectivity index (χ1v) is 8.55. The maximum absolute atomic E-state index is 12.7. The van der Waals surface area contributed by atoms with Gasteiger partial charge in [0, 0.05) is 24.7 Å². The third kappa shape index (κ3) is 4.08. The molecule has 0 bridgehead atoms. The molecule has 7 heteroatoms. The first-order chi connectivity index (χ1) is 11.2. The third-order valence-electron chi connectivity index (χ3n) is 5.28. The highest BCUT2D eigenvalue weighted by Gasteiger charge is 2.39. The minimum absolute atomic E-state index is 0.0176. The van der Waals surface area contributed by atoms with Crippen LogP contribution in [0.1, 0.15) is 40.5 Å². The Kier molecular flexibility index (Phi) is 5.91. The maximum atomic E-state index is 12.7. The Labute approximate surface area is 144 Å². The van der Waals surface area contributed by atoms with Crippen molar-refractivity contribution in [1.29, 1.82) is 0 Å². The van der Waals surface area contributed by atoms with Gasteiger partial charge in [0.05, 0.1) is 18.2 Å². The molecule has 138 valence electrons. The average molecular weight is 341 g/mol. The number of carbonyl (C=O) groups is 1. The van der Waals surface area contributed by atoms with Gasteiger partial charge in [0.15, 0.2) is 0 Å². The van der Waals surface area contributed by atoms with E-state index in [-0.39, 0.29) is 24.0 Å². The number of aliphatic hydroxyl groups excluding tert-OH is 1. The third-order valence-corrected chi connectivity index (χ3v) is 5.28. The largest absolute Gasteiger partial charge is 0.396 e. The van der Waals surface area contributed by atoms with Gasteiger partial charge in [-0.05, 0) is 39.8 Å². The van der Waals surface area contributed by atoms with E-state index in [1.54, 1.807) is 6.08 Å². The Morgan fingerprint density at radius 1 is 1.38 bits per heavy atom. The van der Waals surface area contributed by atoms with Gasteiger partial charge in [-0.1, -0.05) is 13.8 Å². The number of hydroxylamine groups is 1. The van der Waals surface area contributed by atoms with E-state index in [4.69, 9.17) is 9.57 Å². The van der Waals surface area contributed by atoms with Gasteiger partial charge in [-0.25, -0.2) is 0 Å². The Morgan fingerprint density at radius 2 is 2.00 bits per heavy atom. The molecule has 3 N–H and O–H groups in total. The summed E-state index contributed by atoms with van der Waals surface area (Å²) in [5.41, 5.74) is 1.81. The van der Waals surface area contributed by atoms with Gasteiger partial charge in [-0.3, -0.25) is 15.0 Å². The number of rotatable bonds is 6. The van der Waals surface area contributed by atoms with Gasteiger partial charge < -0.3 is 14.7 Å². The highest BCUT2D eigenvalue weighted by atomic mass is 16.7. The molecule has 0 aromatic rings. The number of nitrogens with one attached hydrogen (secondary N) is 2. The highest BCUT2D eigenvalue weighted by molar-refractivity contribution is 5.86. The van der Waals surface area contributed by atoms with Crippen molar-refractivity contribution in [2.75, 3.05) is 26.9 Å². The molecule has 24 heavy (non-hydrogen) atoms. The van der Waals surface area contributed by atoms with Crippen LogP contribution in [0.2, 0.25) is 0 Å². The van der Waals surface area contributed by atoms with Crippen molar-refractivity contribution < 1.29 is 19.5 Å². The lowest BCUT2D eigenvalue weighted by Gasteiger charge is -2.41. The van der Waals surface area contributed by atoms with Crippen LogP contribution < -0.4 is 10.8 Å². The van der Waals surface area contributed by atoms with Crippen molar-refractivity contribution in [3.05, 3.63) is 12.0 Å². The van der Waals surface area contributed by atoms with E-state index in [2.05, 4.69) is 15.7 Å². The second-order valence-corrected chi connectivity index (χ2v) is 7.84. The maximum Gasteiger partial charge on any atom is 0.246 e. The molecule has 2 heterocycles.